The summed E-state index contributed by atoms with van der Waals surface area (Å²) in [5.41, 5.74) is 6.72. The van der Waals surface area contributed by atoms with E-state index in [1.165, 1.54) is 5.56 Å². The molecule has 3 rings (SSSR count). The zero-order valence-electron chi connectivity index (χ0n) is 11.3. The van der Waals surface area contributed by atoms with Crippen LogP contribution in [-0.2, 0) is 6.54 Å². The second kappa shape index (κ2) is 5.92. The van der Waals surface area contributed by atoms with Gasteiger partial charge in [0.05, 0.1) is 18.0 Å². The van der Waals surface area contributed by atoms with Gasteiger partial charge in [-0.3, -0.25) is 10.9 Å². The van der Waals surface area contributed by atoms with E-state index in [9.17, 15) is 0 Å². The highest BCUT2D eigenvalue weighted by atomic mass is 15.7. The largest absolute Gasteiger partial charge is 0.379 e. The summed E-state index contributed by atoms with van der Waals surface area (Å²) in [6, 6.07) is 18.6. The van der Waals surface area contributed by atoms with E-state index >= 15 is 0 Å². The fraction of sp³-hybridized carbons (Fsp3) is 0.200. The van der Waals surface area contributed by atoms with E-state index in [1.54, 1.807) is 5.01 Å². The van der Waals surface area contributed by atoms with Gasteiger partial charge in [0.1, 0.15) is 6.67 Å². The monoisotopic (exact) mass is 269 g/mol. The van der Waals surface area contributed by atoms with Crippen molar-refractivity contribution in [2.24, 2.45) is 5.84 Å². The van der Waals surface area contributed by atoms with Crippen molar-refractivity contribution < 1.29 is 0 Å². The normalized spacial score (nSPS) is 15.6. The molecule has 0 radical (unpaired) electrons. The summed E-state index contributed by atoms with van der Waals surface area (Å²) in [6.07, 6.45) is 0. The van der Waals surface area contributed by atoms with E-state index in [1.807, 2.05) is 23.2 Å². The molecule has 2 aromatic carbocycles. The Balaban J connectivity index is 1.73. The molecule has 1 saturated heterocycles. The Labute approximate surface area is 118 Å². The predicted octanol–water partition coefficient (Wildman–Crippen LogP) is 1.71. The van der Waals surface area contributed by atoms with Crippen molar-refractivity contribution in [2.45, 2.75) is 6.54 Å². The van der Waals surface area contributed by atoms with Crippen LogP contribution in [0.15, 0.2) is 54.6 Å². The first-order valence-electron chi connectivity index (χ1n) is 6.70. The minimum Gasteiger partial charge on any atom is -0.379 e. The molecule has 0 aliphatic carbocycles. The maximum absolute atomic E-state index is 5.79. The average Bonchev–Trinajstić information content (AvgIpc) is 2.93. The second-order valence-corrected chi connectivity index (χ2v) is 4.83. The summed E-state index contributed by atoms with van der Waals surface area (Å²) >= 11 is 0. The van der Waals surface area contributed by atoms with Crippen LogP contribution in [0.5, 0.6) is 0 Å². The van der Waals surface area contributed by atoms with Gasteiger partial charge in [-0.1, -0.05) is 42.5 Å². The molecule has 104 valence electrons. The van der Waals surface area contributed by atoms with E-state index < -0.39 is 0 Å². The molecule has 2 aromatic rings. The standard InChI is InChI=1S/C15H19N5/c16-19-11-18-20(12-19)15-9-5-4-8-14(15)17-10-13-6-2-1-3-7-13/h1-9,17-18H,10-12,16H2. The molecule has 1 aliphatic rings. The number of hydrogen-bond donors (Lipinski definition) is 3. The molecule has 5 heteroatoms. The molecule has 20 heavy (non-hydrogen) atoms. The van der Waals surface area contributed by atoms with Gasteiger partial charge < -0.3 is 5.32 Å². The van der Waals surface area contributed by atoms with Gasteiger partial charge in [-0.25, -0.2) is 10.4 Å². The van der Waals surface area contributed by atoms with E-state index in [0.29, 0.717) is 13.3 Å². The highest BCUT2D eigenvalue weighted by Gasteiger charge is 2.18. The molecule has 1 aliphatic heterocycles. The molecule has 1 fully saturated rings. The van der Waals surface area contributed by atoms with Gasteiger partial charge in [-0.2, -0.15) is 0 Å². The van der Waals surface area contributed by atoms with Crippen LogP contribution in [0.3, 0.4) is 0 Å². The Morgan fingerprint density at radius 2 is 1.80 bits per heavy atom. The molecular weight excluding hydrogens is 250 g/mol. The van der Waals surface area contributed by atoms with Crippen LogP contribution in [0.25, 0.3) is 0 Å². The topological polar surface area (TPSA) is 56.6 Å². The number of rotatable bonds is 4. The first-order chi connectivity index (χ1) is 9.83. The quantitative estimate of drug-likeness (QED) is 0.738. The fourth-order valence-electron chi connectivity index (χ4n) is 2.27. The van der Waals surface area contributed by atoms with Crippen molar-refractivity contribution in [2.75, 3.05) is 23.7 Å². The molecule has 5 nitrogen and oxygen atoms in total. The van der Waals surface area contributed by atoms with Gasteiger partial charge in [0, 0.05) is 6.54 Å². The van der Waals surface area contributed by atoms with Crippen molar-refractivity contribution in [3.05, 3.63) is 60.2 Å². The molecule has 0 spiro atoms. The summed E-state index contributed by atoms with van der Waals surface area (Å²) in [5, 5.41) is 7.26. The average molecular weight is 269 g/mol. The van der Waals surface area contributed by atoms with Crippen molar-refractivity contribution in [3.8, 4) is 0 Å². The van der Waals surface area contributed by atoms with Gasteiger partial charge in [-0.15, -0.1) is 0 Å². The van der Waals surface area contributed by atoms with Gasteiger partial charge in [-0.05, 0) is 17.7 Å². The number of para-hydroxylation sites is 2. The number of hydrazine groups is 2. The third-order valence-electron chi connectivity index (χ3n) is 3.31. The van der Waals surface area contributed by atoms with E-state index in [-0.39, 0.29) is 0 Å². The third kappa shape index (κ3) is 2.91. The maximum atomic E-state index is 5.79. The van der Waals surface area contributed by atoms with Crippen LogP contribution in [0, 0.1) is 0 Å². The molecule has 1 heterocycles. The molecule has 4 N–H and O–H groups in total. The summed E-state index contributed by atoms with van der Waals surface area (Å²) in [5.74, 6) is 5.79. The van der Waals surface area contributed by atoms with E-state index in [2.05, 4.69) is 47.1 Å². The van der Waals surface area contributed by atoms with Gasteiger partial charge in [0.25, 0.3) is 0 Å². The number of anilines is 2. The molecule has 0 aromatic heterocycles. The van der Waals surface area contributed by atoms with Crippen LogP contribution in [-0.4, -0.2) is 18.3 Å². The van der Waals surface area contributed by atoms with Crippen LogP contribution in [0.4, 0.5) is 11.4 Å². The zero-order chi connectivity index (χ0) is 13.8. The Bertz CT molecular complexity index is 557. The lowest BCUT2D eigenvalue weighted by atomic mass is 10.2. The van der Waals surface area contributed by atoms with Crippen LogP contribution < -0.4 is 21.6 Å². The second-order valence-electron chi connectivity index (χ2n) is 4.83. The maximum Gasteiger partial charge on any atom is 0.101 e. The van der Waals surface area contributed by atoms with Crippen molar-refractivity contribution in [1.82, 2.24) is 10.4 Å². The lowest BCUT2D eigenvalue weighted by molar-refractivity contribution is 0.349. The highest BCUT2D eigenvalue weighted by Crippen LogP contribution is 2.26. The smallest absolute Gasteiger partial charge is 0.101 e. The fourth-order valence-corrected chi connectivity index (χ4v) is 2.27. The highest BCUT2D eigenvalue weighted by molar-refractivity contribution is 5.69. The van der Waals surface area contributed by atoms with Crippen LogP contribution in [0.1, 0.15) is 5.56 Å². The molecular formula is C15H19N5. The molecule has 0 unspecified atom stereocenters. The Hall–Kier alpha value is -2.08. The number of nitrogens with two attached hydrogens (primary N) is 1. The van der Waals surface area contributed by atoms with E-state index in [4.69, 9.17) is 5.84 Å². The minimum absolute atomic E-state index is 0.660. The molecule has 0 saturated carbocycles. The molecule has 0 amide bonds. The summed E-state index contributed by atoms with van der Waals surface area (Å²) in [7, 11) is 0. The Morgan fingerprint density at radius 3 is 2.55 bits per heavy atom. The van der Waals surface area contributed by atoms with Gasteiger partial charge in [0.2, 0.25) is 0 Å². The number of nitrogens with one attached hydrogen (secondary N) is 2. The Morgan fingerprint density at radius 1 is 1.05 bits per heavy atom. The van der Waals surface area contributed by atoms with Gasteiger partial charge >= 0.3 is 0 Å². The molecule has 0 atom stereocenters. The van der Waals surface area contributed by atoms with Crippen LogP contribution >= 0.6 is 0 Å². The van der Waals surface area contributed by atoms with Crippen molar-refractivity contribution >= 4 is 11.4 Å². The number of benzene rings is 2. The SMILES string of the molecule is NN1CNN(c2ccccc2NCc2ccccc2)C1. The Kier molecular flexibility index (Phi) is 3.83. The van der Waals surface area contributed by atoms with Crippen LogP contribution in [0.2, 0.25) is 0 Å². The first-order valence-corrected chi connectivity index (χ1v) is 6.70. The number of hydrogen-bond acceptors (Lipinski definition) is 5. The van der Waals surface area contributed by atoms with E-state index in [0.717, 1.165) is 17.9 Å². The van der Waals surface area contributed by atoms with Gasteiger partial charge in [0.15, 0.2) is 0 Å². The van der Waals surface area contributed by atoms with Crippen molar-refractivity contribution in [3.63, 3.8) is 0 Å². The minimum atomic E-state index is 0.660. The summed E-state index contributed by atoms with van der Waals surface area (Å²) < 4.78 is 0. The third-order valence-corrected chi connectivity index (χ3v) is 3.31. The van der Waals surface area contributed by atoms with Crippen molar-refractivity contribution in [1.29, 1.82) is 0 Å². The number of nitrogens with zero attached hydrogens (tertiary/aromatic N) is 2. The zero-order valence-corrected chi connectivity index (χ0v) is 11.3. The molecule has 0 bridgehead atoms. The first kappa shape index (κ1) is 12.9. The lowest BCUT2D eigenvalue weighted by Gasteiger charge is -2.21. The summed E-state index contributed by atoms with van der Waals surface area (Å²) in [4.78, 5) is 0. The predicted molar refractivity (Wildman–Crippen MR) is 81.6 cm³/mol. The lowest BCUT2D eigenvalue weighted by Crippen LogP contribution is -2.32. The summed E-state index contributed by atoms with van der Waals surface area (Å²) in [6.45, 7) is 2.13.